The van der Waals surface area contributed by atoms with E-state index in [1.807, 2.05) is 30.4 Å². The Bertz CT molecular complexity index is 484. The summed E-state index contributed by atoms with van der Waals surface area (Å²) in [5, 5.41) is 18.4. The van der Waals surface area contributed by atoms with Crippen LogP contribution in [-0.4, -0.2) is 22.3 Å². The van der Waals surface area contributed by atoms with Crippen LogP contribution in [0.25, 0.3) is 0 Å². The van der Waals surface area contributed by atoms with E-state index in [2.05, 4.69) is 38.2 Å². The third kappa shape index (κ3) is 18.5. The summed E-state index contributed by atoms with van der Waals surface area (Å²) in [7, 11) is 0. The van der Waals surface area contributed by atoms with Crippen LogP contribution in [-0.2, 0) is 4.79 Å². The molecule has 146 valence electrons. The van der Waals surface area contributed by atoms with E-state index in [4.69, 9.17) is 5.11 Å². The van der Waals surface area contributed by atoms with E-state index in [0.29, 0.717) is 12.3 Å². The SMILES string of the molecule is CCC(C)/C=C/C=C\C=C\C(O)C/C=C\C/C=C\CCCCCC(=O)O. The molecule has 0 aliphatic heterocycles. The van der Waals surface area contributed by atoms with Crippen LogP contribution in [0.15, 0.2) is 60.8 Å². The van der Waals surface area contributed by atoms with Gasteiger partial charge in [-0.1, -0.05) is 87.4 Å². The minimum absolute atomic E-state index is 0.272. The van der Waals surface area contributed by atoms with Gasteiger partial charge in [0.05, 0.1) is 6.10 Å². The van der Waals surface area contributed by atoms with Gasteiger partial charge in [0, 0.05) is 6.42 Å². The summed E-state index contributed by atoms with van der Waals surface area (Å²) in [6.07, 6.45) is 26.3. The highest BCUT2D eigenvalue weighted by atomic mass is 16.4. The quantitative estimate of drug-likeness (QED) is 0.214. The smallest absolute Gasteiger partial charge is 0.303 e. The fraction of sp³-hybridized carbons (Fsp3) is 0.522. The molecule has 0 aliphatic carbocycles. The Labute approximate surface area is 159 Å². The molecule has 2 N–H and O–H groups in total. The van der Waals surface area contributed by atoms with Crippen molar-refractivity contribution in [2.45, 2.75) is 71.3 Å². The number of rotatable bonds is 15. The molecule has 0 radical (unpaired) electrons. The molecule has 26 heavy (non-hydrogen) atoms. The van der Waals surface area contributed by atoms with Crippen LogP contribution in [0.2, 0.25) is 0 Å². The van der Waals surface area contributed by atoms with E-state index in [9.17, 15) is 9.90 Å². The highest BCUT2D eigenvalue weighted by Crippen LogP contribution is 2.05. The molecule has 0 aromatic rings. The summed E-state index contributed by atoms with van der Waals surface area (Å²) in [6.45, 7) is 4.36. The number of carboxylic acids is 1. The number of unbranched alkanes of at least 4 members (excludes halogenated alkanes) is 3. The van der Waals surface area contributed by atoms with Crippen LogP contribution in [0.4, 0.5) is 0 Å². The molecular weight excluding hydrogens is 324 g/mol. The first-order valence-electron chi connectivity index (χ1n) is 9.77. The van der Waals surface area contributed by atoms with Crippen molar-refractivity contribution in [3.8, 4) is 0 Å². The second kappa shape index (κ2) is 17.9. The van der Waals surface area contributed by atoms with Gasteiger partial charge < -0.3 is 10.2 Å². The highest BCUT2D eigenvalue weighted by molar-refractivity contribution is 5.66. The van der Waals surface area contributed by atoms with Gasteiger partial charge in [0.1, 0.15) is 0 Å². The third-order valence-corrected chi connectivity index (χ3v) is 3.99. The van der Waals surface area contributed by atoms with Crippen molar-refractivity contribution >= 4 is 5.97 Å². The van der Waals surface area contributed by atoms with Gasteiger partial charge in [0.15, 0.2) is 0 Å². The Hall–Kier alpha value is -1.87. The van der Waals surface area contributed by atoms with Gasteiger partial charge in [0.25, 0.3) is 0 Å². The van der Waals surface area contributed by atoms with Gasteiger partial charge in [-0.2, -0.15) is 0 Å². The molecule has 0 spiro atoms. The average molecular weight is 361 g/mol. The molecule has 0 rings (SSSR count). The maximum Gasteiger partial charge on any atom is 0.303 e. The average Bonchev–Trinajstić information content (AvgIpc) is 2.61. The largest absolute Gasteiger partial charge is 0.481 e. The normalized spacial score (nSPS) is 15.2. The van der Waals surface area contributed by atoms with Crippen LogP contribution in [0, 0.1) is 5.92 Å². The summed E-state index contributed by atoms with van der Waals surface area (Å²) < 4.78 is 0. The number of carboxylic acid groups (broad SMARTS) is 1. The summed E-state index contributed by atoms with van der Waals surface area (Å²) >= 11 is 0. The number of aliphatic carboxylic acids is 1. The molecule has 0 aliphatic rings. The van der Waals surface area contributed by atoms with E-state index in [0.717, 1.165) is 38.5 Å². The van der Waals surface area contributed by atoms with Crippen LogP contribution in [0.5, 0.6) is 0 Å². The number of aliphatic hydroxyl groups excluding tert-OH is 1. The molecular formula is C23H36O3. The van der Waals surface area contributed by atoms with Crippen molar-refractivity contribution in [2.24, 2.45) is 5.92 Å². The highest BCUT2D eigenvalue weighted by Gasteiger charge is 1.95. The third-order valence-electron chi connectivity index (χ3n) is 3.99. The second-order valence-corrected chi connectivity index (χ2v) is 6.51. The number of allylic oxidation sites excluding steroid dienone is 8. The lowest BCUT2D eigenvalue weighted by Crippen LogP contribution is -1.98. The zero-order chi connectivity index (χ0) is 19.5. The fourth-order valence-electron chi connectivity index (χ4n) is 2.13. The minimum atomic E-state index is -0.711. The lowest BCUT2D eigenvalue weighted by Gasteiger charge is -1.99. The topological polar surface area (TPSA) is 57.5 Å². The van der Waals surface area contributed by atoms with E-state index in [-0.39, 0.29) is 6.42 Å². The van der Waals surface area contributed by atoms with Crippen molar-refractivity contribution < 1.29 is 15.0 Å². The number of carbonyl (C=O) groups is 1. The molecule has 2 atom stereocenters. The predicted octanol–water partition coefficient (Wildman–Crippen LogP) is 5.99. The standard InChI is InChI=1S/C23H36O3/c1-3-21(2)17-13-11-12-15-19-22(24)18-14-9-7-5-4-6-8-10-16-20-23(25)26/h4-5,9,11-15,17,19,21-22,24H,3,6-8,10,16,18,20H2,1-2H3,(H,25,26)/b5-4-,12-11-,14-9-,17-13+,19-15+. The summed E-state index contributed by atoms with van der Waals surface area (Å²) in [5.74, 6) is -0.109. The molecule has 0 aromatic heterocycles. The summed E-state index contributed by atoms with van der Waals surface area (Å²) in [4.78, 5) is 10.4. The predicted molar refractivity (Wildman–Crippen MR) is 111 cm³/mol. The maximum absolute atomic E-state index is 10.4. The molecule has 3 nitrogen and oxygen atoms in total. The Kier molecular flexibility index (Phi) is 16.6. The van der Waals surface area contributed by atoms with Crippen LogP contribution < -0.4 is 0 Å². The van der Waals surface area contributed by atoms with Gasteiger partial charge in [-0.3, -0.25) is 4.79 Å². The number of hydrogen-bond donors (Lipinski definition) is 2. The minimum Gasteiger partial charge on any atom is -0.481 e. The van der Waals surface area contributed by atoms with Gasteiger partial charge in [-0.25, -0.2) is 0 Å². The molecule has 0 heterocycles. The van der Waals surface area contributed by atoms with Crippen molar-refractivity contribution in [1.82, 2.24) is 0 Å². The number of hydrogen-bond acceptors (Lipinski definition) is 2. The van der Waals surface area contributed by atoms with E-state index >= 15 is 0 Å². The van der Waals surface area contributed by atoms with Crippen molar-refractivity contribution in [3.63, 3.8) is 0 Å². The van der Waals surface area contributed by atoms with Gasteiger partial charge in [0.2, 0.25) is 0 Å². The van der Waals surface area contributed by atoms with Crippen molar-refractivity contribution in [3.05, 3.63) is 60.8 Å². The summed E-state index contributed by atoms with van der Waals surface area (Å²) in [6, 6.07) is 0. The molecule has 2 unspecified atom stereocenters. The molecule has 0 saturated carbocycles. The van der Waals surface area contributed by atoms with Crippen molar-refractivity contribution in [1.29, 1.82) is 0 Å². The van der Waals surface area contributed by atoms with Gasteiger partial charge in [-0.15, -0.1) is 0 Å². The molecule has 0 aromatic carbocycles. The van der Waals surface area contributed by atoms with Gasteiger partial charge >= 0.3 is 5.97 Å². The van der Waals surface area contributed by atoms with Crippen LogP contribution >= 0.6 is 0 Å². The number of aliphatic hydroxyl groups is 1. The zero-order valence-electron chi connectivity index (χ0n) is 16.4. The van der Waals surface area contributed by atoms with E-state index in [1.54, 1.807) is 6.08 Å². The monoisotopic (exact) mass is 360 g/mol. The Balaban J connectivity index is 3.69. The van der Waals surface area contributed by atoms with Crippen LogP contribution in [0.1, 0.15) is 65.2 Å². The van der Waals surface area contributed by atoms with Gasteiger partial charge in [-0.05, 0) is 38.0 Å². The molecule has 0 saturated heterocycles. The van der Waals surface area contributed by atoms with Crippen molar-refractivity contribution in [2.75, 3.05) is 0 Å². The lowest BCUT2D eigenvalue weighted by molar-refractivity contribution is -0.137. The lowest BCUT2D eigenvalue weighted by atomic mass is 10.1. The van der Waals surface area contributed by atoms with E-state index in [1.165, 1.54) is 0 Å². The van der Waals surface area contributed by atoms with Crippen LogP contribution in [0.3, 0.4) is 0 Å². The fourth-order valence-corrected chi connectivity index (χ4v) is 2.13. The first kappa shape index (κ1) is 24.1. The summed E-state index contributed by atoms with van der Waals surface area (Å²) in [5.41, 5.74) is 0. The second-order valence-electron chi connectivity index (χ2n) is 6.51. The Morgan fingerprint density at radius 3 is 2.31 bits per heavy atom. The molecule has 3 heteroatoms. The molecule has 0 bridgehead atoms. The molecule has 0 amide bonds. The maximum atomic E-state index is 10.4. The molecule has 0 fully saturated rings. The zero-order valence-corrected chi connectivity index (χ0v) is 16.4. The first-order valence-corrected chi connectivity index (χ1v) is 9.77. The Morgan fingerprint density at radius 2 is 1.62 bits per heavy atom. The Morgan fingerprint density at radius 1 is 0.923 bits per heavy atom. The first-order chi connectivity index (χ1) is 12.6. The van der Waals surface area contributed by atoms with E-state index < -0.39 is 12.1 Å².